The lowest BCUT2D eigenvalue weighted by molar-refractivity contribution is 0.407. The van der Waals surface area contributed by atoms with Crippen LogP contribution in [0.1, 0.15) is 5.56 Å². The molecule has 6 heteroatoms. The van der Waals surface area contributed by atoms with Gasteiger partial charge in [-0.15, -0.1) is 0 Å². The number of nitrogens with one attached hydrogen (secondary N) is 1. The van der Waals surface area contributed by atoms with E-state index < -0.39 is 23.2 Å². The minimum absolute atomic E-state index is 0.0309. The van der Waals surface area contributed by atoms with Gasteiger partial charge < -0.3 is 10.5 Å². The first-order chi connectivity index (χ1) is 8.97. The zero-order valence-corrected chi connectivity index (χ0v) is 11.2. The zero-order chi connectivity index (χ0) is 14.0. The molecule has 0 fully saturated rings. The molecule has 19 heavy (non-hydrogen) atoms. The van der Waals surface area contributed by atoms with Gasteiger partial charge in [0.15, 0.2) is 17.4 Å². The molecule has 0 aliphatic carbocycles. The van der Waals surface area contributed by atoms with Crippen molar-refractivity contribution >= 4 is 21.8 Å². The van der Waals surface area contributed by atoms with E-state index in [1.807, 2.05) is 0 Å². The van der Waals surface area contributed by atoms with Crippen molar-refractivity contribution in [2.24, 2.45) is 5.73 Å². The number of benzene rings is 2. The third-order valence-corrected chi connectivity index (χ3v) is 2.82. The Kier molecular flexibility index (Phi) is 3.80. The van der Waals surface area contributed by atoms with Crippen LogP contribution < -0.4 is 10.5 Å². The van der Waals surface area contributed by atoms with Crippen molar-refractivity contribution in [3.63, 3.8) is 0 Å². The third kappa shape index (κ3) is 3.08. The number of ether oxygens (including phenoxy) is 1. The van der Waals surface area contributed by atoms with Crippen molar-refractivity contribution in [3.05, 3.63) is 58.1 Å². The number of nitrogen functional groups attached to an aromatic ring is 1. The van der Waals surface area contributed by atoms with Crippen molar-refractivity contribution in [1.29, 1.82) is 5.41 Å². The Balaban J connectivity index is 2.38. The molecule has 3 N–H and O–H groups in total. The Morgan fingerprint density at radius 1 is 1.16 bits per heavy atom. The van der Waals surface area contributed by atoms with Gasteiger partial charge in [0.25, 0.3) is 0 Å². The second kappa shape index (κ2) is 5.36. The molecule has 0 atom stereocenters. The van der Waals surface area contributed by atoms with Crippen molar-refractivity contribution in [3.8, 4) is 11.5 Å². The Morgan fingerprint density at radius 2 is 1.79 bits per heavy atom. The molecule has 0 saturated carbocycles. The maximum Gasteiger partial charge on any atom is 0.198 e. The van der Waals surface area contributed by atoms with Gasteiger partial charge in [-0.3, -0.25) is 5.41 Å². The van der Waals surface area contributed by atoms with E-state index in [4.69, 9.17) is 15.9 Å². The standard InChI is InChI=1S/C13H9BrF2N2O/c14-8-2-1-3-9(6-8)19-12-10(15)4-7(13(17)18)5-11(12)16/h1-6H,(H3,17,18). The van der Waals surface area contributed by atoms with Crippen molar-refractivity contribution in [2.45, 2.75) is 0 Å². The average molecular weight is 327 g/mol. The maximum atomic E-state index is 13.7. The lowest BCUT2D eigenvalue weighted by Crippen LogP contribution is -2.12. The molecule has 0 unspecified atom stereocenters. The van der Waals surface area contributed by atoms with E-state index in [0.29, 0.717) is 5.75 Å². The number of halogens is 3. The highest BCUT2D eigenvalue weighted by molar-refractivity contribution is 9.10. The number of rotatable bonds is 3. The molecule has 0 aliphatic heterocycles. The van der Waals surface area contributed by atoms with Gasteiger partial charge in [0, 0.05) is 10.0 Å². The van der Waals surface area contributed by atoms with Crippen LogP contribution in [0.25, 0.3) is 0 Å². The molecule has 0 amide bonds. The van der Waals surface area contributed by atoms with Gasteiger partial charge >= 0.3 is 0 Å². The minimum Gasteiger partial charge on any atom is -0.451 e. The first kappa shape index (κ1) is 13.5. The highest BCUT2D eigenvalue weighted by Crippen LogP contribution is 2.29. The molecule has 2 rings (SSSR count). The molecule has 0 aromatic heterocycles. The predicted molar refractivity (Wildman–Crippen MR) is 71.6 cm³/mol. The molecular weight excluding hydrogens is 318 g/mol. The molecule has 3 nitrogen and oxygen atoms in total. The van der Waals surface area contributed by atoms with Crippen LogP contribution in [0.3, 0.4) is 0 Å². The second-order valence-electron chi connectivity index (χ2n) is 3.74. The van der Waals surface area contributed by atoms with E-state index >= 15 is 0 Å². The molecule has 98 valence electrons. The van der Waals surface area contributed by atoms with Crippen LogP contribution >= 0.6 is 15.9 Å². The summed E-state index contributed by atoms with van der Waals surface area (Å²) in [5.41, 5.74) is 5.15. The van der Waals surface area contributed by atoms with E-state index in [1.54, 1.807) is 24.3 Å². The lowest BCUT2D eigenvalue weighted by atomic mass is 10.2. The Bertz CT molecular complexity index is 623. The van der Waals surface area contributed by atoms with Crippen LogP contribution in [-0.2, 0) is 0 Å². The monoisotopic (exact) mass is 326 g/mol. The molecule has 2 aromatic carbocycles. The highest BCUT2D eigenvalue weighted by Gasteiger charge is 2.14. The predicted octanol–water partition coefficient (Wildman–Crippen LogP) is 3.80. The fourth-order valence-corrected chi connectivity index (χ4v) is 1.84. The van der Waals surface area contributed by atoms with Crippen LogP contribution in [-0.4, -0.2) is 5.84 Å². The average Bonchev–Trinajstić information content (AvgIpc) is 2.33. The summed E-state index contributed by atoms with van der Waals surface area (Å²) in [6.07, 6.45) is 0. The van der Waals surface area contributed by atoms with E-state index in [-0.39, 0.29) is 5.56 Å². The molecule has 0 heterocycles. The smallest absolute Gasteiger partial charge is 0.198 e. The number of nitrogens with two attached hydrogens (primary N) is 1. The first-order valence-electron chi connectivity index (χ1n) is 5.24. The van der Waals surface area contributed by atoms with E-state index in [1.165, 1.54) is 0 Å². The molecular formula is C13H9BrF2N2O. The topological polar surface area (TPSA) is 59.1 Å². The molecule has 0 saturated heterocycles. The fraction of sp³-hybridized carbons (Fsp3) is 0. The SMILES string of the molecule is N=C(N)c1cc(F)c(Oc2cccc(Br)c2)c(F)c1. The summed E-state index contributed by atoms with van der Waals surface area (Å²) in [5.74, 6) is -2.46. The van der Waals surface area contributed by atoms with Gasteiger partial charge in [-0.25, -0.2) is 8.78 Å². The van der Waals surface area contributed by atoms with E-state index in [0.717, 1.165) is 16.6 Å². The fourth-order valence-electron chi connectivity index (χ4n) is 1.46. The van der Waals surface area contributed by atoms with Gasteiger partial charge in [0.1, 0.15) is 11.6 Å². The van der Waals surface area contributed by atoms with Crippen LogP contribution in [0.4, 0.5) is 8.78 Å². The Hall–Kier alpha value is -1.95. The zero-order valence-electron chi connectivity index (χ0n) is 9.58. The lowest BCUT2D eigenvalue weighted by Gasteiger charge is -2.09. The molecule has 0 spiro atoms. The summed E-state index contributed by atoms with van der Waals surface area (Å²) in [6, 6.07) is 8.51. The Morgan fingerprint density at radius 3 is 2.32 bits per heavy atom. The summed E-state index contributed by atoms with van der Waals surface area (Å²) in [5, 5.41) is 7.15. The van der Waals surface area contributed by atoms with Gasteiger partial charge in [-0.1, -0.05) is 22.0 Å². The molecule has 2 aromatic rings. The second-order valence-corrected chi connectivity index (χ2v) is 4.66. The van der Waals surface area contributed by atoms with Crippen LogP contribution in [0.15, 0.2) is 40.9 Å². The first-order valence-corrected chi connectivity index (χ1v) is 6.03. The van der Waals surface area contributed by atoms with E-state index in [2.05, 4.69) is 15.9 Å². The van der Waals surface area contributed by atoms with Gasteiger partial charge in [0.05, 0.1) is 0 Å². The summed E-state index contributed by atoms with van der Waals surface area (Å²) in [4.78, 5) is 0. The summed E-state index contributed by atoms with van der Waals surface area (Å²) >= 11 is 3.23. The summed E-state index contributed by atoms with van der Waals surface area (Å²) < 4.78 is 33.3. The van der Waals surface area contributed by atoms with Gasteiger partial charge in [0.2, 0.25) is 0 Å². The summed E-state index contributed by atoms with van der Waals surface area (Å²) in [6.45, 7) is 0. The van der Waals surface area contributed by atoms with Gasteiger partial charge in [-0.05, 0) is 30.3 Å². The van der Waals surface area contributed by atoms with Crippen LogP contribution in [0.2, 0.25) is 0 Å². The van der Waals surface area contributed by atoms with Crippen LogP contribution in [0.5, 0.6) is 11.5 Å². The van der Waals surface area contributed by atoms with Crippen molar-refractivity contribution < 1.29 is 13.5 Å². The van der Waals surface area contributed by atoms with Gasteiger partial charge in [-0.2, -0.15) is 0 Å². The molecule has 0 radical (unpaired) electrons. The maximum absolute atomic E-state index is 13.7. The van der Waals surface area contributed by atoms with Crippen molar-refractivity contribution in [2.75, 3.05) is 0 Å². The number of hydrogen-bond acceptors (Lipinski definition) is 2. The Labute approximate surface area is 116 Å². The highest BCUT2D eigenvalue weighted by atomic mass is 79.9. The quantitative estimate of drug-likeness (QED) is 0.665. The largest absolute Gasteiger partial charge is 0.451 e. The third-order valence-electron chi connectivity index (χ3n) is 2.33. The minimum atomic E-state index is -0.912. The summed E-state index contributed by atoms with van der Waals surface area (Å²) in [7, 11) is 0. The van der Waals surface area contributed by atoms with E-state index in [9.17, 15) is 8.78 Å². The molecule has 0 aliphatic rings. The number of hydrogen-bond donors (Lipinski definition) is 2. The van der Waals surface area contributed by atoms with Crippen LogP contribution in [0, 0.1) is 17.0 Å². The normalized spacial score (nSPS) is 10.3. The van der Waals surface area contributed by atoms with Crippen molar-refractivity contribution in [1.82, 2.24) is 0 Å². The molecule has 0 bridgehead atoms. The number of amidine groups is 1.